The molecule has 0 bridgehead atoms. The lowest BCUT2D eigenvalue weighted by atomic mass is 10.1. The molecular weight excluding hydrogens is 334 g/mol. The zero-order valence-electron chi connectivity index (χ0n) is 16.4. The number of hydrazine groups is 1. The topological polar surface area (TPSA) is 71.0 Å². The van der Waals surface area contributed by atoms with Crippen molar-refractivity contribution in [3.63, 3.8) is 0 Å². The molecule has 1 amide bonds. The van der Waals surface area contributed by atoms with Crippen LogP contribution >= 0.6 is 12.2 Å². The number of rotatable bonds is 8. The van der Waals surface area contributed by atoms with Gasteiger partial charge in [-0.1, -0.05) is 27.7 Å². The molecule has 3 N–H and O–H groups in total. The molecular formula is C18H33N5OS. The van der Waals surface area contributed by atoms with E-state index in [1.807, 2.05) is 11.6 Å². The lowest BCUT2D eigenvalue weighted by Crippen LogP contribution is -2.47. The molecule has 142 valence electrons. The molecule has 1 aromatic rings. The van der Waals surface area contributed by atoms with E-state index in [1.54, 1.807) is 0 Å². The van der Waals surface area contributed by atoms with Crippen LogP contribution in [0.4, 0.5) is 0 Å². The molecule has 6 nitrogen and oxygen atoms in total. The van der Waals surface area contributed by atoms with Crippen LogP contribution in [0.5, 0.6) is 0 Å². The average molecular weight is 368 g/mol. The Labute approximate surface area is 157 Å². The Morgan fingerprint density at radius 3 is 2.44 bits per heavy atom. The Morgan fingerprint density at radius 2 is 1.84 bits per heavy atom. The Morgan fingerprint density at radius 1 is 1.16 bits per heavy atom. The summed E-state index contributed by atoms with van der Waals surface area (Å²) in [5, 5.41) is 8.11. The maximum absolute atomic E-state index is 12.0. The number of hydrogen-bond donors (Lipinski definition) is 3. The minimum atomic E-state index is -0.0802. The lowest BCUT2D eigenvalue weighted by Gasteiger charge is -2.12. The van der Waals surface area contributed by atoms with Gasteiger partial charge in [0.15, 0.2) is 5.11 Å². The molecule has 0 atom stereocenters. The lowest BCUT2D eigenvalue weighted by molar-refractivity contribution is -0.121. The number of nitrogens with one attached hydrogen (secondary N) is 3. The predicted molar refractivity (Wildman–Crippen MR) is 106 cm³/mol. The van der Waals surface area contributed by atoms with Crippen molar-refractivity contribution in [2.24, 2.45) is 11.8 Å². The van der Waals surface area contributed by atoms with Crippen LogP contribution in [-0.4, -0.2) is 27.3 Å². The number of aryl methyl sites for hydroxylation is 1. The third-order valence-electron chi connectivity index (χ3n) is 3.99. The fourth-order valence-corrected chi connectivity index (χ4v) is 2.72. The first-order valence-electron chi connectivity index (χ1n) is 9.06. The molecule has 0 aliphatic carbocycles. The van der Waals surface area contributed by atoms with Gasteiger partial charge in [0, 0.05) is 25.2 Å². The summed E-state index contributed by atoms with van der Waals surface area (Å²) in [6.45, 7) is 14.4. The Kier molecular flexibility index (Phi) is 8.89. The zero-order valence-corrected chi connectivity index (χ0v) is 17.2. The summed E-state index contributed by atoms with van der Waals surface area (Å²) in [6, 6.07) is 0. The van der Waals surface area contributed by atoms with Crippen molar-refractivity contribution in [2.45, 2.75) is 67.3 Å². The first-order valence-corrected chi connectivity index (χ1v) is 9.47. The first-order chi connectivity index (χ1) is 11.7. The number of thiocarbonyl (C=S) groups is 1. The van der Waals surface area contributed by atoms with Crippen LogP contribution in [-0.2, 0) is 17.8 Å². The quantitative estimate of drug-likeness (QED) is 0.487. The number of carbonyl (C=O) groups is 1. The second kappa shape index (κ2) is 10.4. The van der Waals surface area contributed by atoms with Crippen molar-refractivity contribution in [1.29, 1.82) is 0 Å². The summed E-state index contributed by atoms with van der Waals surface area (Å²) < 4.78 is 2.04. The number of amides is 1. The monoisotopic (exact) mass is 367 g/mol. The van der Waals surface area contributed by atoms with Crippen LogP contribution in [0.15, 0.2) is 0 Å². The SMILES string of the molecule is Cc1nn(CC(C)C)c(C)c1CCC(=O)NNC(=S)NCCC(C)C. The first kappa shape index (κ1) is 21.4. The van der Waals surface area contributed by atoms with Crippen LogP contribution in [0.25, 0.3) is 0 Å². The van der Waals surface area contributed by atoms with Crippen LogP contribution in [0.3, 0.4) is 0 Å². The maximum atomic E-state index is 12.0. The molecule has 1 heterocycles. The van der Waals surface area contributed by atoms with Crippen molar-refractivity contribution in [3.05, 3.63) is 17.0 Å². The molecule has 0 radical (unpaired) electrons. The Bertz CT molecular complexity index is 580. The van der Waals surface area contributed by atoms with Crippen LogP contribution < -0.4 is 16.2 Å². The summed E-state index contributed by atoms with van der Waals surface area (Å²) >= 11 is 5.14. The largest absolute Gasteiger partial charge is 0.361 e. The highest BCUT2D eigenvalue weighted by atomic mass is 32.1. The molecule has 1 rings (SSSR count). The standard InChI is InChI=1S/C18H33N5OS/c1-12(2)9-10-19-18(25)21-20-17(24)8-7-16-14(5)22-23(15(16)6)11-13(3)4/h12-13H,7-11H2,1-6H3,(H,20,24)(H2,19,21,25). The number of carbonyl (C=O) groups excluding carboxylic acids is 1. The van der Waals surface area contributed by atoms with Gasteiger partial charge < -0.3 is 5.32 Å². The van der Waals surface area contributed by atoms with E-state index in [9.17, 15) is 4.79 Å². The Hall–Kier alpha value is -1.63. The number of nitrogens with zero attached hydrogens (tertiary/aromatic N) is 2. The van der Waals surface area contributed by atoms with E-state index in [4.69, 9.17) is 12.2 Å². The van der Waals surface area contributed by atoms with E-state index in [0.29, 0.717) is 29.8 Å². The minimum Gasteiger partial charge on any atom is -0.361 e. The van der Waals surface area contributed by atoms with Gasteiger partial charge in [0.1, 0.15) is 0 Å². The molecule has 1 aromatic heterocycles. The van der Waals surface area contributed by atoms with Crippen molar-refractivity contribution >= 4 is 23.2 Å². The second-order valence-electron chi connectivity index (χ2n) is 7.34. The molecule has 0 aliphatic heterocycles. The van der Waals surface area contributed by atoms with Gasteiger partial charge >= 0.3 is 0 Å². The molecule has 0 spiro atoms. The third kappa shape index (κ3) is 7.86. The Balaban J connectivity index is 2.39. The fraction of sp³-hybridized carbons (Fsp3) is 0.722. The highest BCUT2D eigenvalue weighted by Crippen LogP contribution is 2.16. The van der Waals surface area contributed by atoms with E-state index in [2.05, 4.69) is 55.9 Å². The van der Waals surface area contributed by atoms with Gasteiger partial charge in [0.05, 0.1) is 5.69 Å². The van der Waals surface area contributed by atoms with E-state index in [1.165, 1.54) is 0 Å². The van der Waals surface area contributed by atoms with E-state index < -0.39 is 0 Å². The summed E-state index contributed by atoms with van der Waals surface area (Å²) in [5.41, 5.74) is 8.72. The van der Waals surface area contributed by atoms with Crippen molar-refractivity contribution in [3.8, 4) is 0 Å². The summed E-state index contributed by atoms with van der Waals surface area (Å²) in [5.74, 6) is 1.08. The molecule has 0 fully saturated rings. The van der Waals surface area contributed by atoms with E-state index >= 15 is 0 Å². The second-order valence-corrected chi connectivity index (χ2v) is 7.75. The van der Waals surface area contributed by atoms with Gasteiger partial charge in [0.25, 0.3) is 0 Å². The number of hydrogen-bond acceptors (Lipinski definition) is 3. The van der Waals surface area contributed by atoms with Gasteiger partial charge in [-0.15, -0.1) is 0 Å². The van der Waals surface area contributed by atoms with Gasteiger partial charge in [-0.25, -0.2) is 0 Å². The number of aromatic nitrogens is 2. The zero-order chi connectivity index (χ0) is 19.0. The maximum Gasteiger partial charge on any atom is 0.238 e. The van der Waals surface area contributed by atoms with Crippen LogP contribution in [0.2, 0.25) is 0 Å². The summed E-state index contributed by atoms with van der Waals surface area (Å²) in [4.78, 5) is 12.0. The molecule has 25 heavy (non-hydrogen) atoms. The molecule has 0 aromatic carbocycles. The predicted octanol–water partition coefficient (Wildman–Crippen LogP) is 2.63. The van der Waals surface area contributed by atoms with Gasteiger partial charge in [-0.05, 0) is 56.3 Å². The summed E-state index contributed by atoms with van der Waals surface area (Å²) in [6.07, 6.45) is 2.11. The molecule has 7 heteroatoms. The van der Waals surface area contributed by atoms with Gasteiger partial charge in [0.2, 0.25) is 5.91 Å². The average Bonchev–Trinajstić information content (AvgIpc) is 2.76. The normalized spacial score (nSPS) is 11.0. The van der Waals surface area contributed by atoms with E-state index in [0.717, 1.165) is 36.5 Å². The van der Waals surface area contributed by atoms with Crippen molar-refractivity contribution in [2.75, 3.05) is 6.54 Å². The van der Waals surface area contributed by atoms with Crippen molar-refractivity contribution in [1.82, 2.24) is 25.9 Å². The van der Waals surface area contributed by atoms with E-state index in [-0.39, 0.29) is 5.91 Å². The smallest absolute Gasteiger partial charge is 0.238 e. The minimum absolute atomic E-state index is 0.0802. The van der Waals surface area contributed by atoms with Gasteiger partial charge in [-0.2, -0.15) is 5.10 Å². The van der Waals surface area contributed by atoms with Gasteiger partial charge in [-0.3, -0.25) is 20.3 Å². The fourth-order valence-electron chi connectivity index (χ4n) is 2.57. The van der Waals surface area contributed by atoms with Crippen LogP contribution in [0, 0.1) is 25.7 Å². The molecule has 0 saturated carbocycles. The van der Waals surface area contributed by atoms with Crippen LogP contribution in [0.1, 0.15) is 57.5 Å². The molecule has 0 saturated heterocycles. The highest BCUT2D eigenvalue weighted by molar-refractivity contribution is 7.80. The molecule has 0 aliphatic rings. The molecule has 0 unspecified atom stereocenters. The highest BCUT2D eigenvalue weighted by Gasteiger charge is 2.13. The third-order valence-corrected chi connectivity index (χ3v) is 4.24. The van der Waals surface area contributed by atoms with Crippen molar-refractivity contribution < 1.29 is 4.79 Å². The summed E-state index contributed by atoms with van der Waals surface area (Å²) in [7, 11) is 0.